The molecule has 0 radical (unpaired) electrons. The summed E-state index contributed by atoms with van der Waals surface area (Å²) >= 11 is 0. The molecule has 0 aromatic rings. The van der Waals surface area contributed by atoms with E-state index in [9.17, 15) is 4.79 Å². The van der Waals surface area contributed by atoms with Crippen molar-refractivity contribution in [2.45, 2.75) is 110 Å². The summed E-state index contributed by atoms with van der Waals surface area (Å²) in [6, 6.07) is 1.89. The van der Waals surface area contributed by atoms with Crippen molar-refractivity contribution < 1.29 is 18.6 Å². The van der Waals surface area contributed by atoms with Crippen LogP contribution in [0.3, 0.4) is 0 Å². The number of hydroxylamine groups is 2. The number of esters is 1. The minimum atomic E-state index is -2.19. The zero-order chi connectivity index (χ0) is 22.4. The number of carbonyl (C=O) groups excluding carboxylic acids is 1. The van der Waals surface area contributed by atoms with E-state index in [-0.39, 0.29) is 28.5 Å². The summed E-state index contributed by atoms with van der Waals surface area (Å²) in [5.74, 6) is -0.301. The molecule has 164 valence electrons. The first-order valence-electron chi connectivity index (χ1n) is 10.1. The standard InChI is InChI=1S/C20H42N2O4Si2/c1-19(2,3)27(8,9)25-22(26-28(10,11)20(4,5)6)17(14-12-13-15-21)16-18(23)24-7/h17H,12-14,16H2,1-11H3/t17-/m1/s1. The third-order valence-corrected chi connectivity index (χ3v) is 14.5. The zero-order valence-electron chi connectivity index (χ0n) is 19.9. The number of hydrogen-bond donors (Lipinski definition) is 0. The third-order valence-electron chi connectivity index (χ3n) is 6.00. The number of nitrogens with zero attached hydrogens (tertiary/aromatic N) is 2. The Morgan fingerprint density at radius 1 is 1.00 bits per heavy atom. The topological polar surface area (TPSA) is 71.8 Å². The number of hydrogen-bond acceptors (Lipinski definition) is 6. The van der Waals surface area contributed by atoms with Gasteiger partial charge in [0.25, 0.3) is 0 Å². The highest BCUT2D eigenvalue weighted by Crippen LogP contribution is 2.41. The van der Waals surface area contributed by atoms with E-state index in [1.807, 2.05) is 0 Å². The van der Waals surface area contributed by atoms with Crippen LogP contribution in [-0.2, 0) is 18.6 Å². The Balaban J connectivity index is 5.90. The maximum Gasteiger partial charge on any atom is 0.307 e. The van der Waals surface area contributed by atoms with Crippen LogP contribution in [0.2, 0.25) is 36.3 Å². The van der Waals surface area contributed by atoms with E-state index in [1.54, 1.807) is 5.23 Å². The van der Waals surface area contributed by atoms with E-state index in [2.05, 4.69) is 73.8 Å². The SMILES string of the molecule is COC(=O)C[C@@H](CCCC#N)N(O[Si](C)(C)C(C)(C)C)O[Si](C)(C)C(C)(C)C. The summed E-state index contributed by atoms with van der Waals surface area (Å²) in [4.78, 5) is 12.1. The van der Waals surface area contributed by atoms with E-state index in [4.69, 9.17) is 19.1 Å². The van der Waals surface area contributed by atoms with Crippen molar-refractivity contribution in [3.8, 4) is 6.07 Å². The van der Waals surface area contributed by atoms with Gasteiger partial charge in [-0.1, -0.05) is 46.8 Å². The molecule has 1 atom stereocenters. The second-order valence-electron chi connectivity index (χ2n) is 10.5. The highest BCUT2D eigenvalue weighted by molar-refractivity contribution is 6.74. The van der Waals surface area contributed by atoms with Gasteiger partial charge >= 0.3 is 5.97 Å². The van der Waals surface area contributed by atoms with Gasteiger partial charge in [-0.05, 0) is 49.1 Å². The summed E-state index contributed by atoms with van der Waals surface area (Å²) in [7, 11) is -2.99. The van der Waals surface area contributed by atoms with E-state index in [0.717, 1.165) is 0 Å². The molecule has 0 aromatic carbocycles. The lowest BCUT2D eigenvalue weighted by molar-refractivity contribution is -0.303. The number of ether oxygens (including phenoxy) is 1. The lowest BCUT2D eigenvalue weighted by atomic mass is 10.1. The van der Waals surface area contributed by atoms with E-state index in [0.29, 0.717) is 19.3 Å². The fourth-order valence-corrected chi connectivity index (χ4v) is 3.76. The normalized spacial score (nSPS) is 14.7. The van der Waals surface area contributed by atoms with Gasteiger partial charge in [0.15, 0.2) is 0 Å². The van der Waals surface area contributed by atoms with Gasteiger partial charge in [-0.15, -0.1) is 0 Å². The first-order valence-corrected chi connectivity index (χ1v) is 15.9. The Morgan fingerprint density at radius 2 is 1.43 bits per heavy atom. The smallest absolute Gasteiger partial charge is 0.307 e. The molecule has 0 aliphatic rings. The molecule has 28 heavy (non-hydrogen) atoms. The molecule has 0 saturated heterocycles. The van der Waals surface area contributed by atoms with Gasteiger partial charge in [0, 0.05) is 6.42 Å². The third kappa shape index (κ3) is 8.33. The zero-order valence-corrected chi connectivity index (χ0v) is 21.9. The van der Waals surface area contributed by atoms with Crippen molar-refractivity contribution in [2.75, 3.05) is 7.11 Å². The highest BCUT2D eigenvalue weighted by Gasteiger charge is 2.46. The second-order valence-corrected chi connectivity index (χ2v) is 19.9. The van der Waals surface area contributed by atoms with Gasteiger partial charge in [-0.2, -0.15) is 5.26 Å². The van der Waals surface area contributed by atoms with E-state index < -0.39 is 16.6 Å². The van der Waals surface area contributed by atoms with Crippen LogP contribution in [0.15, 0.2) is 0 Å². The Labute approximate surface area is 174 Å². The molecule has 0 heterocycles. The van der Waals surface area contributed by atoms with Gasteiger partial charge in [0.05, 0.1) is 25.6 Å². The van der Waals surface area contributed by atoms with Crippen LogP contribution in [0.5, 0.6) is 0 Å². The molecular formula is C20H42N2O4Si2. The summed E-state index contributed by atoms with van der Waals surface area (Å²) < 4.78 is 18.0. The number of rotatable bonds is 10. The largest absolute Gasteiger partial charge is 0.469 e. The minimum absolute atomic E-state index is 0.00941. The fraction of sp³-hybridized carbons (Fsp3) is 0.900. The second kappa shape index (κ2) is 10.3. The quantitative estimate of drug-likeness (QED) is 0.189. The van der Waals surface area contributed by atoms with Crippen molar-refractivity contribution >= 4 is 22.6 Å². The molecule has 0 unspecified atom stereocenters. The minimum Gasteiger partial charge on any atom is -0.469 e. The van der Waals surface area contributed by atoms with Crippen molar-refractivity contribution in [3.63, 3.8) is 0 Å². The first kappa shape index (κ1) is 27.3. The van der Waals surface area contributed by atoms with E-state index in [1.165, 1.54) is 7.11 Å². The first-order chi connectivity index (χ1) is 12.5. The Morgan fingerprint density at radius 3 is 1.75 bits per heavy atom. The van der Waals surface area contributed by atoms with Crippen LogP contribution in [-0.4, -0.2) is 41.0 Å². The summed E-state index contributed by atoms with van der Waals surface area (Å²) in [6.07, 6.45) is 1.92. The number of carbonyl (C=O) groups is 1. The molecule has 0 bridgehead atoms. The van der Waals surface area contributed by atoms with Gasteiger partial charge in [0.2, 0.25) is 16.6 Å². The maximum absolute atomic E-state index is 12.1. The lowest BCUT2D eigenvalue weighted by Crippen LogP contribution is -2.55. The maximum atomic E-state index is 12.1. The predicted molar refractivity (Wildman–Crippen MR) is 118 cm³/mol. The molecule has 0 aliphatic heterocycles. The monoisotopic (exact) mass is 430 g/mol. The summed E-state index contributed by atoms with van der Waals surface area (Å²) in [5, 5.41) is 10.5. The van der Waals surface area contributed by atoms with Crippen LogP contribution in [0, 0.1) is 11.3 Å². The van der Waals surface area contributed by atoms with Gasteiger partial charge < -0.3 is 13.8 Å². The summed E-state index contributed by atoms with van der Waals surface area (Å²) in [5.41, 5.74) is 0. The molecule has 6 nitrogen and oxygen atoms in total. The predicted octanol–water partition coefficient (Wildman–Crippen LogP) is 5.79. The van der Waals surface area contributed by atoms with Crippen molar-refractivity contribution in [3.05, 3.63) is 0 Å². The van der Waals surface area contributed by atoms with Crippen molar-refractivity contribution in [2.24, 2.45) is 0 Å². The van der Waals surface area contributed by atoms with Crippen LogP contribution >= 0.6 is 0 Å². The fourth-order valence-electron chi connectivity index (χ4n) is 1.87. The van der Waals surface area contributed by atoms with E-state index >= 15 is 0 Å². The number of nitriles is 1. The van der Waals surface area contributed by atoms with Crippen LogP contribution in [0.4, 0.5) is 0 Å². The van der Waals surface area contributed by atoms with Crippen LogP contribution in [0.25, 0.3) is 0 Å². The molecule has 0 rings (SSSR count). The van der Waals surface area contributed by atoms with Gasteiger partial charge in [-0.3, -0.25) is 4.79 Å². The molecule has 0 aromatic heterocycles. The van der Waals surface area contributed by atoms with Crippen LogP contribution < -0.4 is 0 Å². The molecule has 0 amide bonds. The van der Waals surface area contributed by atoms with Gasteiger partial charge in [-0.25, -0.2) is 0 Å². The Kier molecular flexibility index (Phi) is 10.1. The average Bonchev–Trinajstić information content (AvgIpc) is 2.50. The molecule has 0 aliphatic carbocycles. The lowest BCUT2D eigenvalue weighted by Gasteiger charge is -2.46. The van der Waals surface area contributed by atoms with Crippen LogP contribution in [0.1, 0.15) is 67.2 Å². The Bertz CT molecular complexity index is 518. The average molecular weight is 431 g/mol. The number of unbranched alkanes of at least 4 members (excludes halogenated alkanes) is 1. The number of methoxy groups -OCH3 is 1. The molecule has 8 heteroatoms. The summed E-state index contributed by atoms with van der Waals surface area (Å²) in [6.45, 7) is 21.7. The highest BCUT2D eigenvalue weighted by atomic mass is 28.4. The molecule has 0 spiro atoms. The van der Waals surface area contributed by atoms with Gasteiger partial charge in [0.1, 0.15) is 0 Å². The molecule has 0 N–H and O–H groups in total. The molecular weight excluding hydrogens is 388 g/mol. The molecule has 0 saturated carbocycles. The van der Waals surface area contributed by atoms with Crippen molar-refractivity contribution in [1.29, 1.82) is 5.26 Å². The molecule has 0 fully saturated rings. The van der Waals surface area contributed by atoms with Crippen molar-refractivity contribution in [1.82, 2.24) is 5.23 Å². The Hall–Kier alpha value is -0.726.